The predicted octanol–water partition coefficient (Wildman–Crippen LogP) is 0.168. The summed E-state index contributed by atoms with van der Waals surface area (Å²) in [5.74, 6) is -1.06. The number of para-hydroxylation sites is 1. The van der Waals surface area contributed by atoms with Crippen molar-refractivity contribution in [2.75, 3.05) is 11.5 Å². The van der Waals surface area contributed by atoms with Crippen molar-refractivity contribution in [1.82, 2.24) is 0 Å². The molecule has 1 aromatic rings. The van der Waals surface area contributed by atoms with Gasteiger partial charge in [-0.05, 0) is 12.1 Å². The molecule has 0 saturated heterocycles. The summed E-state index contributed by atoms with van der Waals surface area (Å²) < 4.78 is 0. The summed E-state index contributed by atoms with van der Waals surface area (Å²) in [6.45, 7) is 0. The zero-order chi connectivity index (χ0) is 8.43. The zero-order valence-electron chi connectivity index (χ0n) is 6.74. The number of aromatic carboxylic acids is 1. The van der Waals surface area contributed by atoms with E-state index in [-0.39, 0.29) is 40.8 Å². The van der Waals surface area contributed by atoms with Crippen LogP contribution in [0.3, 0.4) is 0 Å². The van der Waals surface area contributed by atoms with E-state index >= 15 is 0 Å². The summed E-state index contributed by atoms with van der Waals surface area (Å²) in [5, 5.41) is 8.55. The van der Waals surface area contributed by atoms with Gasteiger partial charge in [-0.2, -0.15) is 0 Å². The molecule has 0 aromatic heterocycles. The van der Waals surface area contributed by atoms with Crippen LogP contribution < -0.4 is 11.5 Å². The number of hydrogen-bond donors (Lipinski definition) is 3. The van der Waals surface area contributed by atoms with Crippen molar-refractivity contribution in [3.8, 4) is 0 Å². The van der Waals surface area contributed by atoms with E-state index in [1.165, 1.54) is 6.07 Å². The Morgan fingerprint density at radius 1 is 1.33 bits per heavy atom. The van der Waals surface area contributed by atoms with Gasteiger partial charge in [0.25, 0.3) is 0 Å². The molecule has 1 aromatic carbocycles. The summed E-state index contributed by atoms with van der Waals surface area (Å²) in [4.78, 5) is 10.4. The molecule has 0 aliphatic carbocycles. The van der Waals surface area contributed by atoms with Gasteiger partial charge in [0.2, 0.25) is 0 Å². The second-order valence-corrected chi connectivity index (χ2v) is 2.11. The molecule has 1 rings (SSSR count). The number of hydrogen-bond acceptors (Lipinski definition) is 3. The van der Waals surface area contributed by atoms with E-state index in [1.807, 2.05) is 0 Å². The molecule has 12 heavy (non-hydrogen) atoms. The maximum atomic E-state index is 10.4. The number of carboxylic acid groups (broad SMARTS) is 1. The Bertz CT molecular complexity index is 301. The van der Waals surface area contributed by atoms with E-state index in [0.29, 0.717) is 5.69 Å². The first-order valence-electron chi connectivity index (χ1n) is 3.00. The van der Waals surface area contributed by atoms with Crippen molar-refractivity contribution in [3.05, 3.63) is 23.8 Å². The van der Waals surface area contributed by atoms with Crippen molar-refractivity contribution < 1.29 is 9.90 Å². The molecule has 5 N–H and O–H groups in total. The van der Waals surface area contributed by atoms with Crippen molar-refractivity contribution >= 4 is 46.9 Å². The molecule has 4 nitrogen and oxygen atoms in total. The summed E-state index contributed by atoms with van der Waals surface area (Å²) in [6.07, 6.45) is 0. The van der Waals surface area contributed by atoms with Crippen LogP contribution in [0.25, 0.3) is 0 Å². The molecule has 0 atom stereocenters. The minimum atomic E-state index is -1.06. The van der Waals surface area contributed by atoms with E-state index < -0.39 is 5.97 Å². The third kappa shape index (κ3) is 2.14. The van der Waals surface area contributed by atoms with Crippen molar-refractivity contribution in [1.29, 1.82) is 0 Å². The van der Waals surface area contributed by atoms with Crippen molar-refractivity contribution in [3.63, 3.8) is 0 Å². The molecule has 0 unspecified atom stereocenters. The summed E-state index contributed by atoms with van der Waals surface area (Å²) in [5.41, 5.74) is 11.2. The minimum absolute atomic E-state index is 0. The molecule has 0 bridgehead atoms. The van der Waals surface area contributed by atoms with Gasteiger partial charge in [-0.3, -0.25) is 0 Å². The fourth-order valence-corrected chi connectivity index (χ4v) is 0.770. The Labute approximate surface area is 91.8 Å². The predicted molar refractivity (Wildman–Crippen MR) is 48.0 cm³/mol. The van der Waals surface area contributed by atoms with Gasteiger partial charge in [-0.25, -0.2) is 4.79 Å². The maximum Gasteiger partial charge on any atom is 0.337 e. The van der Waals surface area contributed by atoms with Crippen LogP contribution in [0.1, 0.15) is 10.4 Å². The van der Waals surface area contributed by atoms with E-state index in [2.05, 4.69) is 0 Å². The van der Waals surface area contributed by atoms with E-state index in [9.17, 15) is 4.79 Å². The molecule has 5 heteroatoms. The van der Waals surface area contributed by atoms with Gasteiger partial charge in [-0.15, -0.1) is 0 Å². The van der Waals surface area contributed by atoms with Crippen LogP contribution >= 0.6 is 0 Å². The third-order valence-corrected chi connectivity index (χ3v) is 1.37. The van der Waals surface area contributed by atoms with Crippen LogP contribution in [-0.4, -0.2) is 40.6 Å². The Hall–Kier alpha value is -0.710. The number of carbonyl (C=O) groups is 1. The molecule has 0 aliphatic rings. The SMILES string of the molecule is Nc1cccc(C(=O)O)c1N.[Na]. The monoisotopic (exact) mass is 175 g/mol. The first-order valence-corrected chi connectivity index (χ1v) is 3.00. The average Bonchev–Trinajstić information content (AvgIpc) is 1.94. The number of benzene rings is 1. The summed E-state index contributed by atoms with van der Waals surface area (Å²) in [7, 11) is 0. The average molecular weight is 175 g/mol. The van der Waals surface area contributed by atoms with Crippen LogP contribution in [0, 0.1) is 0 Å². The first kappa shape index (κ1) is 11.3. The molecule has 0 fully saturated rings. The molecule has 0 spiro atoms. The maximum absolute atomic E-state index is 10.4. The van der Waals surface area contributed by atoms with Gasteiger partial charge >= 0.3 is 5.97 Å². The third-order valence-electron chi connectivity index (χ3n) is 1.37. The Morgan fingerprint density at radius 2 is 1.92 bits per heavy atom. The summed E-state index contributed by atoms with van der Waals surface area (Å²) >= 11 is 0. The molecular weight excluding hydrogens is 167 g/mol. The van der Waals surface area contributed by atoms with Crippen LogP contribution in [0.2, 0.25) is 0 Å². The van der Waals surface area contributed by atoms with Gasteiger partial charge < -0.3 is 16.6 Å². The van der Waals surface area contributed by atoms with Crippen molar-refractivity contribution in [2.24, 2.45) is 0 Å². The smallest absolute Gasteiger partial charge is 0.337 e. The van der Waals surface area contributed by atoms with Crippen LogP contribution in [0.15, 0.2) is 18.2 Å². The first-order chi connectivity index (χ1) is 5.13. The number of nitrogen functional groups attached to an aromatic ring is 2. The molecule has 0 aliphatic heterocycles. The van der Waals surface area contributed by atoms with Gasteiger partial charge in [0.15, 0.2) is 0 Å². The second-order valence-electron chi connectivity index (χ2n) is 2.11. The molecule has 0 amide bonds. The largest absolute Gasteiger partial charge is 0.478 e. The molecule has 0 heterocycles. The number of carboxylic acids is 1. The van der Waals surface area contributed by atoms with Gasteiger partial charge in [-0.1, -0.05) is 6.07 Å². The van der Waals surface area contributed by atoms with Gasteiger partial charge in [0.1, 0.15) is 0 Å². The Balaban J connectivity index is 0.00000121. The summed E-state index contributed by atoms with van der Waals surface area (Å²) in [6, 6.07) is 4.52. The topological polar surface area (TPSA) is 89.3 Å². The van der Waals surface area contributed by atoms with E-state index in [4.69, 9.17) is 16.6 Å². The fraction of sp³-hybridized carbons (Fsp3) is 0. The van der Waals surface area contributed by atoms with E-state index in [1.54, 1.807) is 12.1 Å². The number of rotatable bonds is 1. The van der Waals surface area contributed by atoms with Crippen molar-refractivity contribution in [2.45, 2.75) is 0 Å². The molecule has 0 saturated carbocycles. The Morgan fingerprint density at radius 3 is 2.33 bits per heavy atom. The zero-order valence-corrected chi connectivity index (χ0v) is 8.74. The molecule has 1 radical (unpaired) electrons. The molecule has 59 valence electrons. The van der Waals surface area contributed by atoms with Gasteiger partial charge in [0, 0.05) is 29.6 Å². The standard InChI is InChI=1S/C7H8N2O2.Na/c8-5-3-1-2-4(6(5)9)7(10)11;/h1-3H,8-9H2,(H,10,11);. The minimum Gasteiger partial charge on any atom is -0.478 e. The fourth-order valence-electron chi connectivity index (χ4n) is 0.770. The number of nitrogens with two attached hydrogens (primary N) is 2. The van der Waals surface area contributed by atoms with Crippen LogP contribution in [-0.2, 0) is 0 Å². The molecular formula is C7H8N2NaO2. The van der Waals surface area contributed by atoms with E-state index in [0.717, 1.165) is 0 Å². The normalized spacial score (nSPS) is 8.67. The Kier molecular flexibility index (Phi) is 4.09. The quantitative estimate of drug-likeness (QED) is 0.419. The number of anilines is 2. The van der Waals surface area contributed by atoms with Crippen LogP contribution in [0.4, 0.5) is 11.4 Å². The van der Waals surface area contributed by atoms with Gasteiger partial charge in [0.05, 0.1) is 16.9 Å². The second kappa shape index (κ2) is 4.35. The van der Waals surface area contributed by atoms with Crippen LogP contribution in [0.5, 0.6) is 0 Å².